The Morgan fingerprint density at radius 3 is 1.60 bits per heavy atom. The maximum Gasteiger partial charge on any atom is 0.397 e. The minimum absolute atomic E-state index is 0.236. The summed E-state index contributed by atoms with van der Waals surface area (Å²) in [6.45, 7) is 3.18. The first kappa shape index (κ1) is 56.3. The lowest BCUT2D eigenvalue weighted by Gasteiger charge is -2.41. The van der Waals surface area contributed by atoms with Crippen LogP contribution < -0.4 is 5.32 Å². The van der Waals surface area contributed by atoms with Gasteiger partial charge in [0, 0.05) is 0 Å². The van der Waals surface area contributed by atoms with E-state index < -0.39 is 78.5 Å². The molecule has 0 aromatic heterocycles. The van der Waals surface area contributed by atoms with Gasteiger partial charge >= 0.3 is 10.4 Å². The van der Waals surface area contributed by atoms with E-state index in [1.165, 1.54) is 115 Å². The van der Waals surface area contributed by atoms with E-state index in [9.17, 15) is 43.3 Å². The normalized spacial score (nSPS) is 21.6. The highest BCUT2D eigenvalue weighted by Gasteiger charge is 2.48. The molecule has 1 amide bonds. The summed E-state index contributed by atoms with van der Waals surface area (Å²) in [5.41, 5.74) is 0. The van der Waals surface area contributed by atoms with Gasteiger partial charge in [0.1, 0.15) is 30.5 Å². The van der Waals surface area contributed by atoms with Gasteiger partial charge in [-0.25, -0.2) is 4.18 Å². The Morgan fingerprint density at radius 1 is 0.667 bits per heavy atom. The zero-order valence-corrected chi connectivity index (χ0v) is 37.9. The molecule has 1 aliphatic heterocycles. The largest absolute Gasteiger partial charge is 0.397 e. The Hall–Kier alpha value is -1.72. The van der Waals surface area contributed by atoms with Gasteiger partial charge in [-0.1, -0.05) is 179 Å². The zero-order chi connectivity index (χ0) is 44.3. The van der Waals surface area contributed by atoms with E-state index in [1.807, 2.05) is 0 Å². The van der Waals surface area contributed by atoms with Crippen molar-refractivity contribution in [3.63, 3.8) is 0 Å². The number of hydrogen-bond donors (Lipinski definition) is 7. The molecule has 7 N–H and O–H groups in total. The molecular weight excluding hydrogens is 791 g/mol. The van der Waals surface area contributed by atoms with Crippen molar-refractivity contribution in [1.29, 1.82) is 0 Å². The molecule has 8 atom stereocenters. The van der Waals surface area contributed by atoms with E-state index in [1.54, 1.807) is 6.08 Å². The Labute approximate surface area is 363 Å². The van der Waals surface area contributed by atoms with Crippen molar-refractivity contribution >= 4 is 16.3 Å². The van der Waals surface area contributed by atoms with Gasteiger partial charge in [0.05, 0.1) is 25.4 Å². The van der Waals surface area contributed by atoms with E-state index >= 15 is 0 Å². The van der Waals surface area contributed by atoms with Crippen LogP contribution in [-0.2, 0) is 28.9 Å². The molecule has 60 heavy (non-hydrogen) atoms. The maximum absolute atomic E-state index is 13.1. The highest BCUT2D eigenvalue weighted by atomic mass is 32.3. The van der Waals surface area contributed by atoms with Crippen LogP contribution in [0.3, 0.4) is 0 Å². The van der Waals surface area contributed by atoms with Gasteiger partial charge in [0.2, 0.25) is 5.91 Å². The Balaban J connectivity index is 2.63. The van der Waals surface area contributed by atoms with Crippen LogP contribution in [0.15, 0.2) is 36.5 Å². The molecule has 1 fully saturated rings. The minimum atomic E-state index is -5.12. The molecule has 0 saturated carbocycles. The number of unbranched alkanes of at least 4 members (excludes halogenated alkanes) is 22. The van der Waals surface area contributed by atoms with Gasteiger partial charge in [0.15, 0.2) is 6.29 Å². The van der Waals surface area contributed by atoms with Crippen LogP contribution in [0.4, 0.5) is 0 Å². The number of carbonyl (C=O) groups is 1. The van der Waals surface area contributed by atoms with Crippen molar-refractivity contribution in [2.24, 2.45) is 0 Å². The van der Waals surface area contributed by atoms with Crippen LogP contribution in [0, 0.1) is 0 Å². The molecule has 1 rings (SSSR count). The standard InChI is InChI=1S/C46H85NO12S/c1-3-5-7-9-11-13-15-17-19-20-21-23-24-26-28-30-32-34-39(49)38(37-57-46-43(52)44(59-60(54,55)56)42(51)41(36-48)58-46)47-45(53)40(50)35-33-31-29-27-25-22-18-16-14-12-10-8-6-4-2/h19-20,24,26,32,34,38-44,46,48-52H,3-18,21-23,25,27-31,33,35-37H2,1-2H3,(H,47,53)(H,54,55,56)/b20-19+,26-24+,34-32+. The highest BCUT2D eigenvalue weighted by molar-refractivity contribution is 7.80. The van der Waals surface area contributed by atoms with E-state index in [0.717, 1.165) is 44.9 Å². The maximum atomic E-state index is 13.1. The first-order valence-electron chi connectivity index (χ1n) is 23.5. The molecule has 1 saturated heterocycles. The molecule has 14 heteroatoms. The molecule has 0 spiro atoms. The van der Waals surface area contributed by atoms with Gasteiger partial charge in [-0.15, -0.1) is 0 Å². The number of nitrogens with one attached hydrogen (secondary N) is 1. The quantitative estimate of drug-likeness (QED) is 0.0178. The minimum Gasteiger partial charge on any atom is -0.394 e. The van der Waals surface area contributed by atoms with Gasteiger partial charge in [-0.2, -0.15) is 8.42 Å². The first-order chi connectivity index (χ1) is 28.9. The fourth-order valence-corrected chi connectivity index (χ4v) is 7.77. The van der Waals surface area contributed by atoms with E-state index in [4.69, 9.17) is 9.47 Å². The van der Waals surface area contributed by atoms with Crippen molar-refractivity contribution in [3.05, 3.63) is 36.5 Å². The third-order valence-electron chi connectivity index (χ3n) is 11.0. The second-order valence-electron chi connectivity index (χ2n) is 16.5. The molecule has 0 radical (unpaired) electrons. The summed E-state index contributed by atoms with van der Waals surface area (Å²) in [4.78, 5) is 13.1. The summed E-state index contributed by atoms with van der Waals surface area (Å²) in [6.07, 6.45) is 30.8. The second kappa shape index (κ2) is 36.7. The van der Waals surface area contributed by atoms with Crippen molar-refractivity contribution in [2.75, 3.05) is 13.2 Å². The first-order valence-corrected chi connectivity index (χ1v) is 24.8. The number of allylic oxidation sites excluding steroid dienone is 5. The predicted octanol–water partition coefficient (Wildman–Crippen LogP) is 8.08. The topological polar surface area (TPSA) is 212 Å². The fourth-order valence-electron chi connectivity index (χ4n) is 7.26. The van der Waals surface area contributed by atoms with Crippen molar-refractivity contribution in [2.45, 2.75) is 236 Å². The predicted molar refractivity (Wildman–Crippen MR) is 238 cm³/mol. The molecule has 0 aromatic carbocycles. The fraction of sp³-hybridized carbons (Fsp3) is 0.848. The highest BCUT2D eigenvalue weighted by Crippen LogP contribution is 2.26. The number of ether oxygens (including phenoxy) is 2. The number of aliphatic hydroxyl groups is 5. The summed E-state index contributed by atoms with van der Waals surface area (Å²) in [5, 5.41) is 55.2. The third-order valence-corrected chi connectivity index (χ3v) is 11.5. The Kier molecular flexibility index (Phi) is 34.5. The molecule has 8 unspecified atom stereocenters. The number of carbonyl (C=O) groups excluding carboxylic acids is 1. The lowest BCUT2D eigenvalue weighted by atomic mass is 9.99. The Morgan fingerprint density at radius 2 is 1.12 bits per heavy atom. The van der Waals surface area contributed by atoms with Gasteiger partial charge in [0.25, 0.3) is 0 Å². The molecule has 1 heterocycles. The molecule has 352 valence electrons. The Bertz CT molecular complexity index is 1230. The lowest BCUT2D eigenvalue weighted by Crippen LogP contribution is -2.61. The number of amides is 1. The zero-order valence-electron chi connectivity index (χ0n) is 37.1. The molecule has 0 aliphatic carbocycles. The molecule has 1 aliphatic rings. The third kappa shape index (κ3) is 28.8. The van der Waals surface area contributed by atoms with Crippen LogP contribution >= 0.6 is 0 Å². The van der Waals surface area contributed by atoms with Gasteiger partial charge in [-0.3, -0.25) is 9.35 Å². The average Bonchev–Trinajstić information content (AvgIpc) is 3.22. The summed E-state index contributed by atoms with van der Waals surface area (Å²) in [7, 11) is -5.12. The SMILES string of the molecule is CCCCCCCCC/C=C/CC/C=C/CC/C=C/C(O)C(COC1OC(CO)C(O)C(OS(=O)(=O)O)C1O)NC(=O)C(O)CCCCCCCCCCCCCCCC. The van der Waals surface area contributed by atoms with Crippen molar-refractivity contribution in [3.8, 4) is 0 Å². The van der Waals surface area contributed by atoms with Crippen LogP contribution in [-0.4, -0.2) is 107 Å². The average molecular weight is 876 g/mol. The van der Waals surface area contributed by atoms with Crippen LogP contribution in [0.1, 0.15) is 187 Å². The molecule has 0 bridgehead atoms. The molecule has 13 nitrogen and oxygen atoms in total. The molecular formula is C46H85NO12S. The van der Waals surface area contributed by atoms with Gasteiger partial charge in [-0.05, 0) is 44.9 Å². The summed E-state index contributed by atoms with van der Waals surface area (Å²) in [6, 6.07) is -1.14. The summed E-state index contributed by atoms with van der Waals surface area (Å²) >= 11 is 0. The number of hydrogen-bond acceptors (Lipinski definition) is 11. The second-order valence-corrected chi connectivity index (χ2v) is 17.5. The van der Waals surface area contributed by atoms with Crippen LogP contribution in [0.5, 0.6) is 0 Å². The molecule has 0 aromatic rings. The van der Waals surface area contributed by atoms with Crippen LogP contribution in [0.2, 0.25) is 0 Å². The lowest BCUT2D eigenvalue weighted by molar-refractivity contribution is -0.298. The number of aliphatic hydroxyl groups excluding tert-OH is 5. The van der Waals surface area contributed by atoms with E-state index in [-0.39, 0.29) is 6.42 Å². The number of rotatable bonds is 39. The summed E-state index contributed by atoms with van der Waals surface area (Å²) in [5.74, 6) is -0.716. The smallest absolute Gasteiger partial charge is 0.394 e. The van der Waals surface area contributed by atoms with E-state index in [2.05, 4.69) is 47.7 Å². The monoisotopic (exact) mass is 876 g/mol. The van der Waals surface area contributed by atoms with E-state index in [0.29, 0.717) is 12.8 Å². The summed E-state index contributed by atoms with van der Waals surface area (Å²) < 4.78 is 47.5. The van der Waals surface area contributed by atoms with Crippen molar-refractivity contribution < 1.29 is 57.0 Å². The van der Waals surface area contributed by atoms with Crippen LogP contribution in [0.25, 0.3) is 0 Å². The van der Waals surface area contributed by atoms with Crippen molar-refractivity contribution in [1.82, 2.24) is 5.32 Å². The van der Waals surface area contributed by atoms with Gasteiger partial charge < -0.3 is 40.3 Å².